The maximum absolute atomic E-state index is 11.5. The monoisotopic (exact) mass is 179 g/mol. The Morgan fingerprint density at radius 3 is 2.54 bits per heavy atom. The van der Waals surface area contributed by atoms with Crippen molar-refractivity contribution < 1.29 is 4.79 Å². The molecule has 0 spiro atoms. The number of fused-ring (bicyclic) bond motifs is 1. The van der Waals surface area contributed by atoms with E-state index in [-0.39, 0.29) is 5.41 Å². The summed E-state index contributed by atoms with van der Waals surface area (Å²) in [6.07, 6.45) is 7.77. The first kappa shape index (κ1) is 7.84. The number of amides is 1. The Labute approximate surface area is 79.1 Å². The molecule has 3 saturated carbocycles. The number of carbonyl (C=O) groups excluding carboxylic acids is 1. The average Bonchev–Trinajstić information content (AvgIpc) is 2.78. The summed E-state index contributed by atoms with van der Waals surface area (Å²) in [6.45, 7) is 0.929. The van der Waals surface area contributed by atoms with Gasteiger partial charge in [0.25, 0.3) is 0 Å². The third-order valence-corrected chi connectivity index (χ3v) is 4.20. The van der Waals surface area contributed by atoms with E-state index < -0.39 is 0 Å². The lowest BCUT2D eigenvalue weighted by molar-refractivity contribution is -0.124. The second-order valence-corrected chi connectivity index (χ2v) is 5.10. The zero-order chi connectivity index (χ0) is 8.89. The lowest BCUT2D eigenvalue weighted by Gasteiger charge is -2.25. The van der Waals surface area contributed by atoms with E-state index in [2.05, 4.69) is 5.32 Å². The summed E-state index contributed by atoms with van der Waals surface area (Å²) in [5, 5.41) is 3.09. The van der Waals surface area contributed by atoms with Gasteiger partial charge >= 0.3 is 0 Å². The van der Waals surface area contributed by atoms with E-state index in [0.29, 0.717) is 5.91 Å². The second kappa shape index (κ2) is 2.49. The minimum Gasteiger partial charge on any atom is -0.356 e. The SMILES string of the molecule is O=C(NCCC1CCC1)C12CC1C2. The van der Waals surface area contributed by atoms with Crippen LogP contribution in [0.3, 0.4) is 0 Å². The zero-order valence-electron chi connectivity index (χ0n) is 8.01. The van der Waals surface area contributed by atoms with Crippen molar-refractivity contribution >= 4 is 5.91 Å². The van der Waals surface area contributed by atoms with Crippen LogP contribution in [-0.4, -0.2) is 12.5 Å². The van der Waals surface area contributed by atoms with Crippen LogP contribution in [0.5, 0.6) is 0 Å². The molecule has 0 aromatic carbocycles. The molecule has 0 heterocycles. The summed E-state index contributed by atoms with van der Waals surface area (Å²) in [6, 6.07) is 0. The van der Waals surface area contributed by atoms with Crippen molar-refractivity contribution in [2.24, 2.45) is 17.3 Å². The topological polar surface area (TPSA) is 29.1 Å². The molecule has 3 fully saturated rings. The lowest BCUT2D eigenvalue weighted by Crippen LogP contribution is -2.30. The molecule has 0 aliphatic heterocycles. The minimum absolute atomic E-state index is 0.180. The standard InChI is InChI=1S/C11H17NO/c13-10(11-6-9(11)7-11)12-5-4-8-2-1-3-8/h8-9H,1-7H2,(H,12,13). The van der Waals surface area contributed by atoms with Gasteiger partial charge in [-0.1, -0.05) is 19.3 Å². The largest absolute Gasteiger partial charge is 0.356 e. The Kier molecular flexibility index (Phi) is 1.50. The van der Waals surface area contributed by atoms with E-state index in [4.69, 9.17) is 0 Å². The fraction of sp³-hybridized carbons (Fsp3) is 0.909. The van der Waals surface area contributed by atoms with Crippen molar-refractivity contribution in [2.75, 3.05) is 6.54 Å². The van der Waals surface area contributed by atoms with Crippen LogP contribution in [0.2, 0.25) is 0 Å². The number of hydrogen-bond donors (Lipinski definition) is 1. The maximum atomic E-state index is 11.5. The smallest absolute Gasteiger partial charge is 0.226 e. The van der Waals surface area contributed by atoms with Crippen molar-refractivity contribution in [3.8, 4) is 0 Å². The predicted octanol–water partition coefficient (Wildman–Crippen LogP) is 1.70. The molecule has 0 radical (unpaired) electrons. The summed E-state index contributed by atoms with van der Waals surface area (Å²) in [5.74, 6) is 2.07. The first-order chi connectivity index (χ1) is 6.31. The van der Waals surface area contributed by atoms with Gasteiger partial charge in [-0.25, -0.2) is 0 Å². The van der Waals surface area contributed by atoms with Crippen LogP contribution in [-0.2, 0) is 4.79 Å². The van der Waals surface area contributed by atoms with Gasteiger partial charge in [0.15, 0.2) is 0 Å². The highest BCUT2D eigenvalue weighted by Crippen LogP contribution is 2.75. The van der Waals surface area contributed by atoms with E-state index >= 15 is 0 Å². The van der Waals surface area contributed by atoms with Crippen LogP contribution in [0.25, 0.3) is 0 Å². The van der Waals surface area contributed by atoms with Crippen LogP contribution in [0.15, 0.2) is 0 Å². The summed E-state index contributed by atoms with van der Waals surface area (Å²) in [7, 11) is 0. The Morgan fingerprint density at radius 2 is 2.08 bits per heavy atom. The molecule has 2 heteroatoms. The van der Waals surface area contributed by atoms with Gasteiger partial charge < -0.3 is 5.32 Å². The normalized spacial score (nSPS) is 40.5. The van der Waals surface area contributed by atoms with Crippen LogP contribution in [0.1, 0.15) is 38.5 Å². The Bertz CT molecular complexity index is 238. The molecule has 0 aromatic rings. The molecular formula is C11H17NO. The van der Waals surface area contributed by atoms with Gasteiger partial charge in [0, 0.05) is 6.54 Å². The molecule has 1 N–H and O–H groups in total. The number of nitrogens with one attached hydrogen (secondary N) is 1. The van der Waals surface area contributed by atoms with Crippen LogP contribution in [0.4, 0.5) is 0 Å². The van der Waals surface area contributed by atoms with Gasteiger partial charge in [0.2, 0.25) is 5.91 Å². The molecule has 1 amide bonds. The highest BCUT2D eigenvalue weighted by molar-refractivity contribution is 5.89. The number of hydrogen-bond acceptors (Lipinski definition) is 1. The molecule has 0 unspecified atom stereocenters. The molecule has 0 bridgehead atoms. The zero-order valence-corrected chi connectivity index (χ0v) is 8.01. The first-order valence-electron chi connectivity index (χ1n) is 5.59. The third kappa shape index (κ3) is 1.18. The molecule has 2 nitrogen and oxygen atoms in total. The van der Waals surface area contributed by atoms with Crippen LogP contribution in [0, 0.1) is 17.3 Å². The first-order valence-corrected chi connectivity index (χ1v) is 5.59. The highest BCUT2D eigenvalue weighted by atomic mass is 16.2. The van der Waals surface area contributed by atoms with Gasteiger partial charge in [0.05, 0.1) is 5.41 Å². The van der Waals surface area contributed by atoms with Crippen LogP contribution >= 0.6 is 0 Å². The lowest BCUT2D eigenvalue weighted by atomic mass is 9.83. The number of rotatable bonds is 4. The van der Waals surface area contributed by atoms with Gasteiger partial charge in [-0.3, -0.25) is 4.79 Å². The minimum atomic E-state index is 0.180. The third-order valence-electron chi connectivity index (χ3n) is 4.20. The Hall–Kier alpha value is -0.530. The van der Waals surface area contributed by atoms with Crippen LogP contribution < -0.4 is 5.32 Å². The van der Waals surface area contributed by atoms with Crippen molar-refractivity contribution in [1.82, 2.24) is 5.32 Å². The molecule has 72 valence electrons. The van der Waals surface area contributed by atoms with Crippen molar-refractivity contribution in [3.05, 3.63) is 0 Å². The molecule has 3 aliphatic rings. The summed E-state index contributed by atoms with van der Waals surface area (Å²) < 4.78 is 0. The summed E-state index contributed by atoms with van der Waals surface area (Å²) in [4.78, 5) is 11.5. The van der Waals surface area contributed by atoms with Gasteiger partial charge in [-0.15, -0.1) is 0 Å². The van der Waals surface area contributed by atoms with Gasteiger partial charge in [-0.05, 0) is 31.1 Å². The Morgan fingerprint density at radius 1 is 1.38 bits per heavy atom. The summed E-state index contributed by atoms with van der Waals surface area (Å²) in [5.41, 5.74) is 0.180. The van der Waals surface area contributed by atoms with E-state index in [1.54, 1.807) is 0 Å². The average molecular weight is 179 g/mol. The Balaban J connectivity index is 1.36. The van der Waals surface area contributed by atoms with E-state index in [9.17, 15) is 4.79 Å². The molecular weight excluding hydrogens is 162 g/mol. The predicted molar refractivity (Wildman–Crippen MR) is 50.1 cm³/mol. The van der Waals surface area contributed by atoms with Gasteiger partial charge in [0.1, 0.15) is 0 Å². The van der Waals surface area contributed by atoms with E-state index in [0.717, 1.165) is 18.4 Å². The fourth-order valence-electron chi connectivity index (χ4n) is 2.42. The molecule has 3 rings (SSSR count). The van der Waals surface area contributed by atoms with Crippen molar-refractivity contribution in [1.29, 1.82) is 0 Å². The molecule has 3 aliphatic carbocycles. The molecule has 13 heavy (non-hydrogen) atoms. The van der Waals surface area contributed by atoms with E-state index in [1.165, 1.54) is 38.5 Å². The number of carbonyl (C=O) groups is 1. The molecule has 0 saturated heterocycles. The van der Waals surface area contributed by atoms with Crippen molar-refractivity contribution in [3.63, 3.8) is 0 Å². The highest BCUT2D eigenvalue weighted by Gasteiger charge is 2.74. The molecule has 0 aromatic heterocycles. The van der Waals surface area contributed by atoms with E-state index in [1.807, 2.05) is 0 Å². The maximum Gasteiger partial charge on any atom is 0.226 e. The summed E-state index contributed by atoms with van der Waals surface area (Å²) >= 11 is 0. The van der Waals surface area contributed by atoms with Crippen molar-refractivity contribution in [2.45, 2.75) is 38.5 Å². The fourth-order valence-corrected chi connectivity index (χ4v) is 2.42. The van der Waals surface area contributed by atoms with Gasteiger partial charge in [-0.2, -0.15) is 0 Å². The quantitative estimate of drug-likeness (QED) is 0.699. The second-order valence-electron chi connectivity index (χ2n) is 5.10. The molecule has 0 atom stereocenters.